The number of carbonyl (C=O) groups excluding carboxylic acids is 2. The Morgan fingerprint density at radius 3 is 2.64 bits per heavy atom. The van der Waals surface area contributed by atoms with Crippen LogP contribution in [0.4, 0.5) is 23.1 Å². The van der Waals surface area contributed by atoms with Crippen LogP contribution in [0.25, 0.3) is 10.9 Å². The van der Waals surface area contributed by atoms with Crippen LogP contribution in [-0.4, -0.2) is 51.8 Å². The van der Waals surface area contributed by atoms with Gasteiger partial charge < -0.3 is 25.8 Å². The maximum absolute atomic E-state index is 13.0. The quantitative estimate of drug-likeness (QED) is 0.294. The standard InChI is InChI=1S/C26H26ClN7O2/c1-15-22(25(36)34-11-5-6-12-34)17-10-9-16(13-21(17)30-15)31-26-29-14-19(27)23(33-26)32-20-8-4-3-7-18(20)24(35)28-2/h3-4,7-10,13-14,30H,5-6,11-12H2,1-2H3,(H,28,35)(H2,29,31,32,33). The number of H-pyrrole nitrogens is 1. The number of hydrogen-bond acceptors (Lipinski definition) is 6. The number of carbonyl (C=O) groups is 2. The van der Waals surface area contributed by atoms with E-state index in [0.717, 1.165) is 53.8 Å². The fourth-order valence-corrected chi connectivity index (χ4v) is 4.60. The molecule has 2 amide bonds. The van der Waals surface area contributed by atoms with Crippen molar-refractivity contribution in [3.05, 3.63) is 70.5 Å². The lowest BCUT2D eigenvalue weighted by molar-refractivity contribution is 0.0793. The van der Waals surface area contributed by atoms with Gasteiger partial charge in [0.1, 0.15) is 5.02 Å². The fraction of sp³-hybridized carbons (Fsp3) is 0.231. The van der Waals surface area contributed by atoms with E-state index >= 15 is 0 Å². The molecular weight excluding hydrogens is 478 g/mol. The molecule has 184 valence electrons. The summed E-state index contributed by atoms with van der Waals surface area (Å²) in [5, 5.41) is 10.2. The minimum atomic E-state index is -0.223. The molecule has 36 heavy (non-hydrogen) atoms. The van der Waals surface area contributed by atoms with E-state index < -0.39 is 0 Å². The van der Waals surface area contributed by atoms with E-state index in [4.69, 9.17) is 11.6 Å². The van der Waals surface area contributed by atoms with Gasteiger partial charge in [0.05, 0.1) is 23.0 Å². The molecule has 0 aliphatic carbocycles. The number of rotatable bonds is 6. The van der Waals surface area contributed by atoms with Crippen LogP contribution in [0.5, 0.6) is 0 Å². The summed E-state index contributed by atoms with van der Waals surface area (Å²) in [5.74, 6) is 0.542. The van der Waals surface area contributed by atoms with E-state index in [1.807, 2.05) is 36.1 Å². The molecule has 0 spiro atoms. The van der Waals surface area contributed by atoms with Crippen molar-refractivity contribution in [1.29, 1.82) is 0 Å². The van der Waals surface area contributed by atoms with Gasteiger partial charge in [0.15, 0.2) is 5.82 Å². The number of benzene rings is 2. The number of hydrogen-bond donors (Lipinski definition) is 4. The average molecular weight is 504 g/mol. The van der Waals surface area contributed by atoms with Gasteiger partial charge in [-0.05, 0) is 50.1 Å². The van der Waals surface area contributed by atoms with Gasteiger partial charge in [-0.2, -0.15) is 4.98 Å². The summed E-state index contributed by atoms with van der Waals surface area (Å²) in [6.07, 6.45) is 3.60. The fourth-order valence-electron chi connectivity index (χ4n) is 4.46. The van der Waals surface area contributed by atoms with E-state index in [9.17, 15) is 9.59 Å². The van der Waals surface area contributed by atoms with Gasteiger partial charge in [-0.15, -0.1) is 0 Å². The van der Waals surface area contributed by atoms with Gasteiger partial charge in [0.2, 0.25) is 5.95 Å². The maximum atomic E-state index is 13.0. The molecule has 9 nitrogen and oxygen atoms in total. The summed E-state index contributed by atoms with van der Waals surface area (Å²) in [6, 6.07) is 12.8. The minimum absolute atomic E-state index is 0.0748. The Labute approximate surface area is 213 Å². The second-order valence-corrected chi connectivity index (χ2v) is 9.06. The highest BCUT2D eigenvalue weighted by molar-refractivity contribution is 6.33. The number of para-hydroxylation sites is 1. The molecule has 0 radical (unpaired) electrons. The zero-order valence-electron chi connectivity index (χ0n) is 20.0. The van der Waals surface area contributed by atoms with Gasteiger partial charge in [-0.25, -0.2) is 4.98 Å². The minimum Gasteiger partial charge on any atom is -0.358 e. The van der Waals surface area contributed by atoms with E-state index in [2.05, 4.69) is 30.9 Å². The monoisotopic (exact) mass is 503 g/mol. The number of aromatic amines is 1. The topological polar surface area (TPSA) is 115 Å². The Hall–Kier alpha value is -4.11. The lowest BCUT2D eigenvalue weighted by Crippen LogP contribution is -2.27. The second kappa shape index (κ2) is 9.87. The van der Waals surface area contributed by atoms with Gasteiger partial charge in [0.25, 0.3) is 11.8 Å². The first kappa shape index (κ1) is 23.6. The van der Waals surface area contributed by atoms with E-state index in [-0.39, 0.29) is 11.8 Å². The Bertz CT molecular complexity index is 1460. The summed E-state index contributed by atoms with van der Waals surface area (Å²) < 4.78 is 0. The summed E-state index contributed by atoms with van der Waals surface area (Å²) >= 11 is 6.34. The summed E-state index contributed by atoms with van der Waals surface area (Å²) in [4.78, 5) is 39.3. The molecule has 0 atom stereocenters. The number of fused-ring (bicyclic) bond motifs is 1. The van der Waals surface area contributed by atoms with Gasteiger partial charge in [-0.3, -0.25) is 9.59 Å². The smallest absolute Gasteiger partial charge is 0.256 e. The first-order valence-electron chi connectivity index (χ1n) is 11.7. The second-order valence-electron chi connectivity index (χ2n) is 8.65. The van der Waals surface area contributed by atoms with Crippen molar-refractivity contribution >= 4 is 57.5 Å². The third-order valence-electron chi connectivity index (χ3n) is 6.25. The highest BCUT2D eigenvalue weighted by Gasteiger charge is 2.24. The van der Waals surface area contributed by atoms with Crippen LogP contribution in [0.15, 0.2) is 48.7 Å². The van der Waals surface area contributed by atoms with E-state index in [1.165, 1.54) is 6.20 Å². The zero-order valence-corrected chi connectivity index (χ0v) is 20.7. The molecule has 0 bridgehead atoms. The van der Waals surface area contributed by atoms with Crippen LogP contribution in [0.3, 0.4) is 0 Å². The van der Waals surface area contributed by atoms with Crippen LogP contribution < -0.4 is 16.0 Å². The molecule has 0 unspecified atom stereocenters. The van der Waals surface area contributed by atoms with Crippen molar-refractivity contribution in [3.8, 4) is 0 Å². The normalized spacial score (nSPS) is 13.1. The third-order valence-corrected chi connectivity index (χ3v) is 6.52. The number of nitrogens with zero attached hydrogens (tertiary/aromatic N) is 3. The first-order valence-corrected chi connectivity index (χ1v) is 12.1. The van der Waals surface area contributed by atoms with Gasteiger partial charge in [0, 0.05) is 42.4 Å². The molecule has 4 N–H and O–H groups in total. The Morgan fingerprint density at radius 2 is 1.86 bits per heavy atom. The number of halogens is 1. The molecule has 3 heterocycles. The van der Waals surface area contributed by atoms with Crippen molar-refractivity contribution in [2.75, 3.05) is 30.8 Å². The number of likely N-dealkylation sites (tertiary alicyclic amines) is 1. The highest BCUT2D eigenvalue weighted by Crippen LogP contribution is 2.30. The first-order chi connectivity index (χ1) is 17.4. The van der Waals surface area contributed by atoms with Crippen LogP contribution >= 0.6 is 11.6 Å². The SMILES string of the molecule is CNC(=O)c1ccccc1Nc1nc(Nc2ccc3c(C(=O)N4CCCC4)c(C)[nH]c3c2)ncc1Cl. The van der Waals surface area contributed by atoms with Gasteiger partial charge >= 0.3 is 0 Å². The van der Waals surface area contributed by atoms with Crippen molar-refractivity contribution in [2.45, 2.75) is 19.8 Å². The largest absolute Gasteiger partial charge is 0.358 e. The van der Waals surface area contributed by atoms with Crippen LogP contribution in [0.2, 0.25) is 5.02 Å². The molecular formula is C26H26ClN7O2. The van der Waals surface area contributed by atoms with Crippen molar-refractivity contribution < 1.29 is 9.59 Å². The van der Waals surface area contributed by atoms with E-state index in [0.29, 0.717) is 28.0 Å². The Kier molecular flexibility index (Phi) is 6.47. The highest BCUT2D eigenvalue weighted by atomic mass is 35.5. The number of aromatic nitrogens is 3. The number of anilines is 4. The molecule has 4 aromatic rings. The molecule has 2 aromatic carbocycles. The van der Waals surface area contributed by atoms with Gasteiger partial charge in [-0.1, -0.05) is 23.7 Å². The van der Waals surface area contributed by atoms with Crippen molar-refractivity contribution in [1.82, 2.24) is 25.2 Å². The predicted octanol–water partition coefficient (Wildman–Crippen LogP) is 5.00. The summed E-state index contributed by atoms with van der Waals surface area (Å²) in [5.41, 5.74) is 4.22. The van der Waals surface area contributed by atoms with Crippen LogP contribution in [-0.2, 0) is 0 Å². The average Bonchev–Trinajstić information content (AvgIpc) is 3.53. The zero-order chi connectivity index (χ0) is 25.2. The van der Waals surface area contributed by atoms with Crippen molar-refractivity contribution in [2.24, 2.45) is 0 Å². The van der Waals surface area contributed by atoms with E-state index in [1.54, 1.807) is 25.2 Å². The van der Waals surface area contributed by atoms with Crippen molar-refractivity contribution in [3.63, 3.8) is 0 Å². The molecule has 10 heteroatoms. The molecule has 2 aromatic heterocycles. The molecule has 1 aliphatic rings. The number of aryl methyl sites for hydroxylation is 1. The molecule has 5 rings (SSSR count). The Balaban J connectivity index is 1.40. The molecule has 1 aliphatic heterocycles. The summed E-state index contributed by atoms with van der Waals surface area (Å²) in [6.45, 7) is 3.54. The molecule has 1 fully saturated rings. The lowest BCUT2D eigenvalue weighted by Gasteiger charge is -2.15. The lowest BCUT2D eigenvalue weighted by atomic mass is 10.1. The summed E-state index contributed by atoms with van der Waals surface area (Å²) in [7, 11) is 1.58. The number of nitrogens with one attached hydrogen (secondary N) is 4. The third kappa shape index (κ3) is 4.57. The van der Waals surface area contributed by atoms with Crippen LogP contribution in [0.1, 0.15) is 39.3 Å². The van der Waals surface area contributed by atoms with Crippen LogP contribution in [0, 0.1) is 6.92 Å². The maximum Gasteiger partial charge on any atom is 0.256 e. The number of amides is 2. The predicted molar refractivity (Wildman–Crippen MR) is 142 cm³/mol. The molecule has 0 saturated carbocycles. The Morgan fingerprint density at radius 1 is 1.08 bits per heavy atom. The molecule has 1 saturated heterocycles.